The Morgan fingerprint density at radius 2 is 2.05 bits per heavy atom. The minimum Gasteiger partial charge on any atom is -0.480 e. The minimum absolute atomic E-state index is 0.0568. The van der Waals surface area contributed by atoms with Gasteiger partial charge in [0.2, 0.25) is 5.91 Å². The van der Waals surface area contributed by atoms with Crippen LogP contribution in [0.3, 0.4) is 0 Å². The molecule has 1 aromatic carbocycles. The van der Waals surface area contributed by atoms with Crippen molar-refractivity contribution in [2.45, 2.75) is 12.8 Å². The number of ether oxygens (including phenoxy) is 1. The molecule has 1 aliphatic rings. The summed E-state index contributed by atoms with van der Waals surface area (Å²) in [6.07, 6.45) is 1.03. The van der Waals surface area contributed by atoms with Crippen molar-refractivity contribution in [3.63, 3.8) is 0 Å². The molecule has 1 aromatic rings. The first-order valence-electron chi connectivity index (χ1n) is 6.21. The first-order chi connectivity index (χ1) is 9.49. The fourth-order valence-corrected chi connectivity index (χ4v) is 2.14. The van der Waals surface area contributed by atoms with E-state index in [1.165, 1.54) is 0 Å². The van der Waals surface area contributed by atoms with Gasteiger partial charge in [0.25, 0.3) is 0 Å². The lowest BCUT2D eigenvalue weighted by Gasteiger charge is -2.26. The topological polar surface area (TPSA) is 83.9 Å². The Bertz CT molecular complexity index is 567. The van der Waals surface area contributed by atoms with Gasteiger partial charge in [0.1, 0.15) is 13.2 Å². The van der Waals surface area contributed by atoms with Crippen LogP contribution in [-0.2, 0) is 20.7 Å². The van der Waals surface area contributed by atoms with Gasteiger partial charge in [-0.25, -0.2) is 4.79 Å². The summed E-state index contributed by atoms with van der Waals surface area (Å²) in [4.78, 5) is 35.3. The average molecular weight is 277 g/mol. The molecule has 0 radical (unpaired) electrons. The van der Waals surface area contributed by atoms with Gasteiger partial charge in [-0.2, -0.15) is 0 Å². The van der Waals surface area contributed by atoms with Crippen LogP contribution in [0.2, 0.25) is 0 Å². The van der Waals surface area contributed by atoms with Crippen LogP contribution in [-0.4, -0.2) is 43.0 Å². The quantitative estimate of drug-likeness (QED) is 0.808. The summed E-state index contributed by atoms with van der Waals surface area (Å²) in [5.41, 5.74) is 2.22. The zero-order valence-corrected chi connectivity index (χ0v) is 11.1. The Morgan fingerprint density at radius 1 is 1.30 bits per heavy atom. The summed E-state index contributed by atoms with van der Waals surface area (Å²) >= 11 is 0. The summed E-state index contributed by atoms with van der Waals surface area (Å²) in [5, 5.41) is 8.44. The highest BCUT2D eigenvalue weighted by molar-refractivity contribution is 6.00. The first kappa shape index (κ1) is 14.2. The second-order valence-electron chi connectivity index (χ2n) is 4.61. The molecule has 0 atom stereocenters. The molecular weight excluding hydrogens is 262 g/mol. The number of hydrogen-bond acceptors (Lipinski definition) is 4. The average Bonchev–Trinajstić information content (AvgIpc) is 2.42. The summed E-state index contributed by atoms with van der Waals surface area (Å²) < 4.78 is 4.78. The number of Topliss-reactive ketones (excluding diaryl/α,β-unsaturated/α-hetero) is 1. The molecule has 0 saturated heterocycles. The van der Waals surface area contributed by atoms with Crippen molar-refractivity contribution in [3.05, 3.63) is 29.3 Å². The van der Waals surface area contributed by atoms with E-state index in [9.17, 15) is 14.4 Å². The van der Waals surface area contributed by atoms with Gasteiger partial charge in [0.05, 0.1) is 0 Å². The number of carbonyl (C=O) groups is 3. The number of amides is 1. The monoisotopic (exact) mass is 277 g/mol. The van der Waals surface area contributed by atoms with Gasteiger partial charge in [-0.1, -0.05) is 0 Å². The zero-order valence-electron chi connectivity index (χ0n) is 11.1. The third-order valence-electron chi connectivity index (χ3n) is 3.20. The molecule has 1 N–H and O–H groups in total. The fraction of sp³-hybridized carbons (Fsp3) is 0.357. The number of rotatable bonds is 5. The standard InChI is InChI=1S/C14H15NO5/c1-15-11-4-2-10(6-9(11)3-5-13(15)17)12(16)7-20-8-14(18)19/h2,4,6H,3,5,7-8H2,1H3,(H,18,19). The maximum Gasteiger partial charge on any atom is 0.329 e. The number of anilines is 1. The molecule has 1 amide bonds. The molecule has 20 heavy (non-hydrogen) atoms. The highest BCUT2D eigenvalue weighted by Gasteiger charge is 2.21. The highest BCUT2D eigenvalue weighted by Crippen LogP contribution is 2.27. The minimum atomic E-state index is -1.11. The van der Waals surface area contributed by atoms with Crippen molar-refractivity contribution in [1.29, 1.82) is 0 Å². The molecule has 0 unspecified atom stereocenters. The van der Waals surface area contributed by atoms with E-state index in [1.807, 2.05) is 0 Å². The number of hydrogen-bond donors (Lipinski definition) is 1. The van der Waals surface area contributed by atoms with Gasteiger partial charge >= 0.3 is 5.97 Å². The lowest BCUT2D eigenvalue weighted by Crippen LogP contribution is -2.31. The second-order valence-corrected chi connectivity index (χ2v) is 4.61. The van der Waals surface area contributed by atoms with Crippen LogP contribution in [0.25, 0.3) is 0 Å². The molecule has 6 heteroatoms. The third kappa shape index (κ3) is 3.03. The van der Waals surface area contributed by atoms with E-state index in [0.29, 0.717) is 18.4 Å². The molecular formula is C14H15NO5. The molecule has 0 bridgehead atoms. The van der Waals surface area contributed by atoms with Crippen molar-refractivity contribution >= 4 is 23.3 Å². The maximum atomic E-state index is 11.9. The van der Waals surface area contributed by atoms with Crippen molar-refractivity contribution in [2.24, 2.45) is 0 Å². The number of carboxylic acid groups (broad SMARTS) is 1. The van der Waals surface area contributed by atoms with Crippen molar-refractivity contribution in [2.75, 3.05) is 25.2 Å². The van der Waals surface area contributed by atoms with Crippen LogP contribution in [0.15, 0.2) is 18.2 Å². The van der Waals surface area contributed by atoms with Crippen LogP contribution in [0.4, 0.5) is 5.69 Å². The Labute approximate surface area is 115 Å². The number of nitrogens with zero attached hydrogens (tertiary/aromatic N) is 1. The van der Waals surface area contributed by atoms with Gasteiger partial charge in [0, 0.05) is 24.7 Å². The van der Waals surface area contributed by atoms with E-state index in [0.717, 1.165) is 11.3 Å². The predicted molar refractivity (Wildman–Crippen MR) is 71.0 cm³/mol. The number of benzene rings is 1. The molecule has 0 spiro atoms. The van der Waals surface area contributed by atoms with Crippen LogP contribution in [0.5, 0.6) is 0 Å². The maximum absolute atomic E-state index is 11.9. The Kier molecular flexibility index (Phi) is 4.14. The fourth-order valence-electron chi connectivity index (χ4n) is 2.14. The molecule has 0 fully saturated rings. The Balaban J connectivity index is 2.09. The molecule has 106 valence electrons. The normalized spacial score (nSPS) is 14.1. The highest BCUT2D eigenvalue weighted by atomic mass is 16.5. The largest absolute Gasteiger partial charge is 0.480 e. The van der Waals surface area contributed by atoms with Crippen LogP contribution in [0.1, 0.15) is 22.3 Å². The molecule has 1 aliphatic heterocycles. The number of carboxylic acids is 1. The van der Waals surface area contributed by atoms with Gasteiger partial charge in [-0.15, -0.1) is 0 Å². The van der Waals surface area contributed by atoms with E-state index in [2.05, 4.69) is 0 Å². The summed E-state index contributed by atoms with van der Waals surface area (Å²) in [5.74, 6) is -1.32. The van der Waals surface area contributed by atoms with Crippen LogP contribution in [0, 0.1) is 0 Å². The van der Waals surface area contributed by atoms with Crippen molar-refractivity contribution < 1.29 is 24.2 Å². The lowest BCUT2D eigenvalue weighted by atomic mass is 9.98. The second kappa shape index (κ2) is 5.83. The van der Waals surface area contributed by atoms with E-state index in [4.69, 9.17) is 9.84 Å². The number of carbonyl (C=O) groups excluding carboxylic acids is 2. The van der Waals surface area contributed by atoms with Gasteiger partial charge < -0.3 is 14.7 Å². The van der Waals surface area contributed by atoms with Crippen LogP contribution >= 0.6 is 0 Å². The predicted octanol–water partition coefficient (Wildman–Crippen LogP) is 0.879. The smallest absolute Gasteiger partial charge is 0.329 e. The van der Waals surface area contributed by atoms with Crippen molar-refractivity contribution in [3.8, 4) is 0 Å². The van der Waals surface area contributed by atoms with E-state index >= 15 is 0 Å². The SMILES string of the molecule is CN1C(=O)CCc2cc(C(=O)COCC(=O)O)ccc21. The number of aryl methyl sites for hydroxylation is 1. The number of fused-ring (bicyclic) bond motifs is 1. The molecule has 2 rings (SSSR count). The van der Waals surface area contributed by atoms with E-state index in [1.54, 1.807) is 30.1 Å². The summed E-state index contributed by atoms with van der Waals surface area (Å²) in [6, 6.07) is 5.10. The zero-order chi connectivity index (χ0) is 14.7. The molecule has 0 aromatic heterocycles. The number of ketones is 1. The van der Waals surface area contributed by atoms with Crippen LogP contribution < -0.4 is 4.90 Å². The van der Waals surface area contributed by atoms with Crippen molar-refractivity contribution in [1.82, 2.24) is 0 Å². The third-order valence-corrected chi connectivity index (χ3v) is 3.20. The summed E-state index contributed by atoms with van der Waals surface area (Å²) in [7, 11) is 1.71. The molecule has 0 aliphatic carbocycles. The van der Waals surface area contributed by atoms with Gasteiger partial charge in [-0.3, -0.25) is 9.59 Å². The number of aliphatic carboxylic acids is 1. The van der Waals surface area contributed by atoms with Gasteiger partial charge in [-0.05, 0) is 30.2 Å². The Morgan fingerprint density at radius 3 is 2.75 bits per heavy atom. The first-order valence-corrected chi connectivity index (χ1v) is 6.21. The van der Waals surface area contributed by atoms with E-state index in [-0.39, 0.29) is 18.3 Å². The molecule has 1 heterocycles. The Hall–Kier alpha value is -2.21. The lowest BCUT2D eigenvalue weighted by molar-refractivity contribution is -0.141. The summed E-state index contributed by atoms with van der Waals surface area (Å²) in [6.45, 7) is -0.756. The van der Waals surface area contributed by atoms with E-state index < -0.39 is 12.6 Å². The van der Waals surface area contributed by atoms with Gasteiger partial charge in [0.15, 0.2) is 5.78 Å². The molecule has 6 nitrogen and oxygen atoms in total. The molecule has 0 saturated carbocycles.